The van der Waals surface area contributed by atoms with Crippen LogP contribution in [0.4, 0.5) is 0 Å². The van der Waals surface area contributed by atoms with E-state index in [1.165, 1.54) is 77.0 Å². The summed E-state index contributed by atoms with van der Waals surface area (Å²) in [7, 11) is 0. The molecule has 0 saturated heterocycles. The molecular weight excluding hydrogens is 448 g/mol. The van der Waals surface area contributed by atoms with Gasteiger partial charge in [-0.05, 0) is 49.4 Å². The smallest absolute Gasteiger partial charge is 0.310 e. The second-order valence-corrected chi connectivity index (χ2v) is 11.8. The Morgan fingerprint density at radius 1 is 0.611 bits per heavy atom. The molecule has 36 heavy (non-hydrogen) atoms. The maximum absolute atomic E-state index is 13.2. The highest BCUT2D eigenvalue weighted by Gasteiger charge is 2.63. The maximum atomic E-state index is 13.2. The van der Waals surface area contributed by atoms with E-state index in [0.717, 1.165) is 38.5 Å². The Morgan fingerprint density at radius 2 is 1.06 bits per heavy atom. The van der Waals surface area contributed by atoms with Crippen molar-refractivity contribution in [3.05, 3.63) is 12.2 Å². The number of carbonyl (C=O) groups is 2. The molecule has 2 saturated carbocycles. The van der Waals surface area contributed by atoms with Gasteiger partial charge in [-0.3, -0.25) is 9.59 Å². The molecule has 3 rings (SSSR count). The maximum Gasteiger partial charge on any atom is 0.310 e. The largest absolute Gasteiger partial charge is 0.465 e. The van der Waals surface area contributed by atoms with Gasteiger partial charge < -0.3 is 9.47 Å². The summed E-state index contributed by atoms with van der Waals surface area (Å²) in [5.41, 5.74) is 0. The van der Waals surface area contributed by atoms with Gasteiger partial charge in [0.05, 0.1) is 25.0 Å². The lowest BCUT2D eigenvalue weighted by atomic mass is 9.69. The number of carbonyl (C=O) groups excluding carboxylic acids is 2. The van der Waals surface area contributed by atoms with Crippen LogP contribution in [0.3, 0.4) is 0 Å². The molecule has 6 atom stereocenters. The summed E-state index contributed by atoms with van der Waals surface area (Å²) in [5, 5.41) is 0. The lowest BCUT2D eigenvalue weighted by molar-refractivity contribution is -0.165. The van der Waals surface area contributed by atoms with E-state index in [0.29, 0.717) is 25.0 Å². The fraction of sp³-hybridized carbons (Fsp3) is 0.875. The fourth-order valence-electron chi connectivity index (χ4n) is 7.24. The zero-order valence-electron chi connectivity index (χ0n) is 23.4. The van der Waals surface area contributed by atoms with Crippen LogP contribution in [0.1, 0.15) is 129 Å². The molecule has 6 unspecified atom stereocenters. The number of allylic oxidation sites excluding steroid dienone is 2. The molecular formula is C32H54O4. The number of rotatable bonds is 20. The van der Waals surface area contributed by atoms with Gasteiger partial charge in [-0.2, -0.15) is 0 Å². The summed E-state index contributed by atoms with van der Waals surface area (Å²) in [6, 6.07) is 0. The zero-order valence-corrected chi connectivity index (χ0v) is 23.4. The minimum Gasteiger partial charge on any atom is -0.465 e. The quantitative estimate of drug-likeness (QED) is 0.0952. The third kappa shape index (κ3) is 8.35. The second-order valence-electron chi connectivity index (χ2n) is 11.8. The molecule has 0 aromatic rings. The lowest BCUT2D eigenvalue weighted by Crippen LogP contribution is -2.42. The first-order valence-electron chi connectivity index (χ1n) is 15.7. The van der Waals surface area contributed by atoms with E-state index in [1.807, 2.05) is 0 Å². The Morgan fingerprint density at radius 3 is 1.56 bits per heavy atom. The fourth-order valence-corrected chi connectivity index (χ4v) is 7.24. The molecule has 0 heterocycles. The SMILES string of the molecule is CCCCCCCCCCOC(=O)C1C2CC(C3CC=CC32)C1C(=O)OCCCCCCCCCC. The summed E-state index contributed by atoms with van der Waals surface area (Å²) in [4.78, 5) is 26.4. The number of unbranched alkanes of at least 4 members (excludes halogenated alkanes) is 14. The van der Waals surface area contributed by atoms with E-state index in [1.54, 1.807) is 0 Å². The van der Waals surface area contributed by atoms with Gasteiger partial charge in [0, 0.05) is 0 Å². The molecule has 2 fully saturated rings. The highest BCUT2D eigenvalue weighted by atomic mass is 16.5. The third-order valence-electron chi connectivity index (χ3n) is 9.19. The normalized spacial score (nSPS) is 27.9. The van der Waals surface area contributed by atoms with Crippen LogP contribution >= 0.6 is 0 Å². The van der Waals surface area contributed by atoms with Crippen molar-refractivity contribution in [1.29, 1.82) is 0 Å². The van der Waals surface area contributed by atoms with E-state index < -0.39 is 0 Å². The van der Waals surface area contributed by atoms with Crippen molar-refractivity contribution in [2.24, 2.45) is 35.5 Å². The molecule has 0 aliphatic heterocycles. The first-order valence-corrected chi connectivity index (χ1v) is 15.7. The molecule has 0 aromatic carbocycles. The van der Waals surface area contributed by atoms with Crippen molar-refractivity contribution >= 4 is 11.9 Å². The number of esters is 2. The molecule has 206 valence electrons. The lowest BCUT2D eigenvalue weighted by Gasteiger charge is -2.35. The van der Waals surface area contributed by atoms with E-state index in [2.05, 4.69) is 26.0 Å². The van der Waals surface area contributed by atoms with Gasteiger partial charge in [0.25, 0.3) is 0 Å². The summed E-state index contributed by atoms with van der Waals surface area (Å²) in [6.45, 7) is 5.48. The van der Waals surface area contributed by atoms with Gasteiger partial charge in [-0.1, -0.05) is 116 Å². The van der Waals surface area contributed by atoms with Crippen molar-refractivity contribution in [3.63, 3.8) is 0 Å². The predicted molar refractivity (Wildman–Crippen MR) is 146 cm³/mol. The van der Waals surface area contributed by atoms with E-state index in [4.69, 9.17) is 9.47 Å². The van der Waals surface area contributed by atoms with Gasteiger partial charge in [-0.15, -0.1) is 0 Å². The first-order chi connectivity index (χ1) is 17.7. The Balaban J connectivity index is 1.38. The molecule has 2 bridgehead atoms. The predicted octanol–water partition coefficient (Wildman–Crippen LogP) is 8.43. The average Bonchev–Trinajstić information content (AvgIpc) is 3.59. The Kier molecular flexibility index (Phi) is 13.4. The standard InChI is InChI=1S/C32H54O4/c1-3-5-7-9-11-13-15-17-22-35-31(33)29-27-24-28(26-21-19-20-25(26)27)30(29)32(34)36-23-18-16-14-12-10-8-6-4-2/h19-20,25-30H,3-18,21-24H2,1-2H3. The Bertz CT molecular complexity index is 671. The highest BCUT2D eigenvalue weighted by molar-refractivity contribution is 5.84. The van der Waals surface area contributed by atoms with Crippen LogP contribution in [-0.4, -0.2) is 25.2 Å². The molecule has 0 N–H and O–H groups in total. The van der Waals surface area contributed by atoms with Gasteiger partial charge in [0.1, 0.15) is 0 Å². The van der Waals surface area contributed by atoms with Crippen LogP contribution in [0.15, 0.2) is 12.2 Å². The first kappa shape index (κ1) is 29.2. The number of fused-ring (bicyclic) bond motifs is 5. The van der Waals surface area contributed by atoms with Crippen molar-refractivity contribution in [2.75, 3.05) is 13.2 Å². The Labute approximate surface area is 221 Å². The monoisotopic (exact) mass is 502 g/mol. The summed E-state index contributed by atoms with van der Waals surface area (Å²) < 4.78 is 11.6. The van der Waals surface area contributed by atoms with Crippen LogP contribution < -0.4 is 0 Å². The van der Waals surface area contributed by atoms with Crippen LogP contribution in [0.25, 0.3) is 0 Å². The average molecular weight is 503 g/mol. The third-order valence-corrected chi connectivity index (χ3v) is 9.19. The molecule has 4 heteroatoms. The van der Waals surface area contributed by atoms with Gasteiger partial charge in [0.15, 0.2) is 0 Å². The van der Waals surface area contributed by atoms with Crippen LogP contribution in [0.2, 0.25) is 0 Å². The number of hydrogen-bond donors (Lipinski definition) is 0. The molecule has 3 aliphatic rings. The molecule has 0 radical (unpaired) electrons. The molecule has 0 spiro atoms. The van der Waals surface area contributed by atoms with Gasteiger partial charge >= 0.3 is 11.9 Å². The van der Waals surface area contributed by atoms with Crippen molar-refractivity contribution in [2.45, 2.75) is 129 Å². The summed E-state index contributed by atoms with van der Waals surface area (Å²) >= 11 is 0. The molecule has 3 aliphatic carbocycles. The van der Waals surface area contributed by atoms with Gasteiger partial charge in [0.2, 0.25) is 0 Å². The van der Waals surface area contributed by atoms with Crippen molar-refractivity contribution in [1.82, 2.24) is 0 Å². The molecule has 0 aromatic heterocycles. The van der Waals surface area contributed by atoms with Crippen LogP contribution in [0, 0.1) is 35.5 Å². The minimum absolute atomic E-state index is 0.134. The number of ether oxygens (including phenoxy) is 2. The van der Waals surface area contributed by atoms with E-state index >= 15 is 0 Å². The van der Waals surface area contributed by atoms with Gasteiger partial charge in [-0.25, -0.2) is 0 Å². The van der Waals surface area contributed by atoms with E-state index in [9.17, 15) is 9.59 Å². The molecule has 0 amide bonds. The molecule has 4 nitrogen and oxygen atoms in total. The van der Waals surface area contributed by atoms with Crippen molar-refractivity contribution < 1.29 is 19.1 Å². The number of hydrogen-bond acceptors (Lipinski definition) is 4. The van der Waals surface area contributed by atoms with Crippen molar-refractivity contribution in [3.8, 4) is 0 Å². The highest BCUT2D eigenvalue weighted by Crippen LogP contribution is 2.62. The zero-order chi connectivity index (χ0) is 25.6. The second kappa shape index (κ2) is 16.5. The summed E-state index contributed by atoms with van der Waals surface area (Å²) in [5.74, 6) is 0.630. The topological polar surface area (TPSA) is 52.6 Å². The summed E-state index contributed by atoms with van der Waals surface area (Å²) in [6.07, 6.45) is 26.2. The minimum atomic E-state index is -0.306. The Hall–Kier alpha value is -1.32. The van der Waals surface area contributed by atoms with E-state index in [-0.39, 0.29) is 35.6 Å². The van der Waals surface area contributed by atoms with Crippen LogP contribution in [0.5, 0.6) is 0 Å². The van der Waals surface area contributed by atoms with Crippen LogP contribution in [-0.2, 0) is 19.1 Å².